The Morgan fingerprint density at radius 1 is 1.31 bits per heavy atom. The highest BCUT2D eigenvalue weighted by Crippen LogP contribution is 2.29. The first-order valence-electron chi connectivity index (χ1n) is 7.00. The zero-order valence-electron chi connectivity index (χ0n) is 11.5. The van der Waals surface area contributed by atoms with E-state index in [1.165, 1.54) is 51.7 Å². The van der Waals surface area contributed by atoms with Crippen molar-refractivity contribution in [1.82, 2.24) is 4.90 Å². The van der Waals surface area contributed by atoms with E-state index >= 15 is 0 Å². The largest absolute Gasteiger partial charge is 0.330 e. The minimum atomic E-state index is 0.557. The summed E-state index contributed by atoms with van der Waals surface area (Å²) in [4.78, 5) is 2.63. The van der Waals surface area contributed by atoms with E-state index in [1.54, 1.807) is 0 Å². The normalized spacial score (nSPS) is 22.5. The second kappa shape index (κ2) is 6.61. The maximum atomic E-state index is 5.62. The van der Waals surface area contributed by atoms with Crippen LogP contribution in [0.5, 0.6) is 0 Å². The van der Waals surface area contributed by atoms with E-state index in [2.05, 4.69) is 25.7 Å². The van der Waals surface area contributed by atoms with Crippen molar-refractivity contribution >= 4 is 0 Å². The van der Waals surface area contributed by atoms with Gasteiger partial charge in [0.2, 0.25) is 0 Å². The van der Waals surface area contributed by atoms with E-state index < -0.39 is 0 Å². The molecule has 1 unspecified atom stereocenters. The highest BCUT2D eigenvalue weighted by Gasteiger charge is 2.28. The first kappa shape index (κ1) is 14.0. The third kappa shape index (κ3) is 4.84. The lowest BCUT2D eigenvalue weighted by Crippen LogP contribution is -2.24. The van der Waals surface area contributed by atoms with Crippen molar-refractivity contribution in [3.8, 4) is 0 Å². The lowest BCUT2D eigenvalue weighted by Gasteiger charge is -2.20. The molecule has 1 fully saturated rings. The Bertz CT molecular complexity index is 189. The van der Waals surface area contributed by atoms with Crippen molar-refractivity contribution in [2.45, 2.75) is 52.9 Å². The maximum absolute atomic E-state index is 5.62. The summed E-state index contributed by atoms with van der Waals surface area (Å²) in [6.07, 6.45) is 6.59. The fraction of sp³-hybridized carbons (Fsp3) is 1.00. The summed E-state index contributed by atoms with van der Waals surface area (Å²) in [7, 11) is 0. The standard InChI is InChI=1S/C14H30N2/c1-4-13(7-9-15)6-5-10-16-11-8-14(2,3)12-16/h13H,4-12,15H2,1-3H3. The van der Waals surface area contributed by atoms with E-state index in [-0.39, 0.29) is 0 Å². The van der Waals surface area contributed by atoms with E-state index in [9.17, 15) is 0 Å². The number of hydrogen-bond donors (Lipinski definition) is 1. The van der Waals surface area contributed by atoms with Crippen LogP contribution in [0.4, 0.5) is 0 Å². The number of nitrogens with zero attached hydrogens (tertiary/aromatic N) is 1. The van der Waals surface area contributed by atoms with Crippen molar-refractivity contribution in [2.24, 2.45) is 17.1 Å². The van der Waals surface area contributed by atoms with Gasteiger partial charge in [-0.1, -0.05) is 27.2 Å². The lowest BCUT2D eigenvalue weighted by atomic mass is 9.93. The predicted octanol–water partition coefficient (Wildman–Crippen LogP) is 2.87. The monoisotopic (exact) mass is 226 g/mol. The molecule has 0 radical (unpaired) electrons. The summed E-state index contributed by atoms with van der Waals surface area (Å²) in [6.45, 7) is 11.8. The smallest absolute Gasteiger partial charge is 0.00332 e. The summed E-state index contributed by atoms with van der Waals surface area (Å²) in [5.41, 5.74) is 6.18. The van der Waals surface area contributed by atoms with Gasteiger partial charge in [0.1, 0.15) is 0 Å². The van der Waals surface area contributed by atoms with E-state index in [0.717, 1.165) is 12.5 Å². The van der Waals surface area contributed by atoms with Crippen LogP contribution in [0.2, 0.25) is 0 Å². The van der Waals surface area contributed by atoms with Crippen LogP contribution in [-0.4, -0.2) is 31.1 Å². The molecule has 16 heavy (non-hydrogen) atoms. The Morgan fingerprint density at radius 2 is 2.06 bits per heavy atom. The molecule has 1 heterocycles. The van der Waals surface area contributed by atoms with Gasteiger partial charge in [0.25, 0.3) is 0 Å². The SMILES string of the molecule is CCC(CCN)CCCN1CCC(C)(C)C1. The minimum absolute atomic E-state index is 0.557. The topological polar surface area (TPSA) is 29.3 Å². The Kier molecular flexibility index (Phi) is 5.77. The molecule has 0 aromatic rings. The fourth-order valence-corrected chi connectivity index (χ4v) is 2.81. The van der Waals surface area contributed by atoms with Gasteiger partial charge >= 0.3 is 0 Å². The van der Waals surface area contributed by atoms with Gasteiger partial charge in [-0.05, 0) is 56.7 Å². The molecular formula is C14H30N2. The molecule has 2 N–H and O–H groups in total. The van der Waals surface area contributed by atoms with Crippen LogP contribution in [0, 0.1) is 11.3 Å². The molecule has 2 nitrogen and oxygen atoms in total. The zero-order chi connectivity index (χ0) is 12.0. The van der Waals surface area contributed by atoms with Crippen LogP contribution in [0.25, 0.3) is 0 Å². The molecule has 1 atom stereocenters. The fourth-order valence-electron chi connectivity index (χ4n) is 2.81. The summed E-state index contributed by atoms with van der Waals surface area (Å²) in [6, 6.07) is 0. The molecule has 1 rings (SSSR count). The minimum Gasteiger partial charge on any atom is -0.330 e. The molecule has 0 saturated carbocycles. The molecule has 0 amide bonds. The van der Waals surface area contributed by atoms with Crippen LogP contribution in [0.1, 0.15) is 52.9 Å². The molecule has 1 saturated heterocycles. The number of rotatable bonds is 7. The summed E-state index contributed by atoms with van der Waals surface area (Å²) in [5.74, 6) is 0.862. The van der Waals surface area contributed by atoms with Gasteiger partial charge in [0.15, 0.2) is 0 Å². The van der Waals surface area contributed by atoms with Crippen molar-refractivity contribution in [1.29, 1.82) is 0 Å². The van der Waals surface area contributed by atoms with Gasteiger partial charge in [0.05, 0.1) is 0 Å². The summed E-state index contributed by atoms with van der Waals surface area (Å²) in [5, 5.41) is 0. The Balaban J connectivity index is 2.11. The average Bonchev–Trinajstić information content (AvgIpc) is 2.57. The maximum Gasteiger partial charge on any atom is 0.00332 e. The van der Waals surface area contributed by atoms with Crippen LogP contribution < -0.4 is 5.73 Å². The van der Waals surface area contributed by atoms with E-state index in [0.29, 0.717) is 5.41 Å². The first-order valence-corrected chi connectivity index (χ1v) is 7.00. The quantitative estimate of drug-likeness (QED) is 0.723. The van der Waals surface area contributed by atoms with E-state index in [1.807, 2.05) is 0 Å². The zero-order valence-corrected chi connectivity index (χ0v) is 11.5. The highest BCUT2D eigenvalue weighted by molar-refractivity contribution is 4.82. The highest BCUT2D eigenvalue weighted by atomic mass is 15.1. The van der Waals surface area contributed by atoms with Crippen LogP contribution in [0.3, 0.4) is 0 Å². The molecule has 1 aliphatic heterocycles. The predicted molar refractivity (Wildman–Crippen MR) is 71.5 cm³/mol. The van der Waals surface area contributed by atoms with Crippen molar-refractivity contribution in [2.75, 3.05) is 26.2 Å². The van der Waals surface area contributed by atoms with Crippen molar-refractivity contribution in [3.05, 3.63) is 0 Å². The number of hydrogen-bond acceptors (Lipinski definition) is 2. The Morgan fingerprint density at radius 3 is 2.56 bits per heavy atom. The Labute approximate surface area is 102 Å². The van der Waals surface area contributed by atoms with Gasteiger partial charge in [-0.2, -0.15) is 0 Å². The molecule has 2 heteroatoms. The van der Waals surface area contributed by atoms with Gasteiger partial charge in [-0.15, -0.1) is 0 Å². The number of likely N-dealkylation sites (tertiary alicyclic amines) is 1. The van der Waals surface area contributed by atoms with Crippen LogP contribution in [-0.2, 0) is 0 Å². The molecule has 0 aromatic heterocycles. The third-order valence-electron chi connectivity index (χ3n) is 4.00. The summed E-state index contributed by atoms with van der Waals surface area (Å²) < 4.78 is 0. The molecule has 96 valence electrons. The second-order valence-electron chi connectivity index (χ2n) is 6.18. The second-order valence-corrected chi connectivity index (χ2v) is 6.18. The Hall–Kier alpha value is -0.0800. The van der Waals surface area contributed by atoms with Gasteiger partial charge in [0, 0.05) is 6.54 Å². The van der Waals surface area contributed by atoms with Crippen LogP contribution in [0.15, 0.2) is 0 Å². The summed E-state index contributed by atoms with van der Waals surface area (Å²) >= 11 is 0. The molecule has 1 aliphatic rings. The molecule has 0 aliphatic carbocycles. The van der Waals surface area contributed by atoms with Gasteiger partial charge in [-0.3, -0.25) is 0 Å². The number of nitrogens with two attached hydrogens (primary N) is 1. The van der Waals surface area contributed by atoms with Crippen molar-refractivity contribution < 1.29 is 0 Å². The van der Waals surface area contributed by atoms with Gasteiger partial charge in [-0.25, -0.2) is 0 Å². The molecular weight excluding hydrogens is 196 g/mol. The molecule has 0 spiro atoms. The first-order chi connectivity index (χ1) is 7.57. The lowest BCUT2D eigenvalue weighted by molar-refractivity contribution is 0.275. The third-order valence-corrected chi connectivity index (χ3v) is 4.00. The van der Waals surface area contributed by atoms with Crippen LogP contribution >= 0.6 is 0 Å². The molecule has 0 bridgehead atoms. The van der Waals surface area contributed by atoms with Crippen molar-refractivity contribution in [3.63, 3.8) is 0 Å². The average molecular weight is 226 g/mol. The van der Waals surface area contributed by atoms with Gasteiger partial charge < -0.3 is 10.6 Å². The molecule has 0 aromatic carbocycles. The van der Waals surface area contributed by atoms with E-state index in [4.69, 9.17) is 5.73 Å².